The smallest absolute Gasteiger partial charge is 0.0463 e. The average molecular weight is 320 g/mol. The van der Waals surface area contributed by atoms with Crippen LogP contribution in [0.15, 0.2) is 57.9 Å². The fourth-order valence-corrected chi connectivity index (χ4v) is 3.81. The van der Waals surface area contributed by atoms with Crippen LogP contribution in [-0.2, 0) is 0 Å². The Bertz CT molecular complexity index is 556. The Labute approximate surface area is 120 Å². The van der Waals surface area contributed by atoms with E-state index in [1.807, 2.05) is 17.8 Å². The molecule has 0 amide bonds. The van der Waals surface area contributed by atoms with Crippen LogP contribution >= 0.6 is 27.7 Å². The first-order chi connectivity index (χ1) is 8.74. The zero-order valence-electron chi connectivity index (χ0n) is 9.84. The molecule has 1 fully saturated rings. The summed E-state index contributed by atoms with van der Waals surface area (Å²) in [4.78, 5) is 1.20. The Morgan fingerprint density at radius 3 is 2.61 bits per heavy atom. The molecule has 0 aliphatic heterocycles. The molecule has 0 heterocycles. The highest BCUT2D eigenvalue weighted by Gasteiger charge is 2.39. The van der Waals surface area contributed by atoms with Gasteiger partial charge in [-0.15, -0.1) is 11.8 Å². The van der Waals surface area contributed by atoms with Crippen molar-refractivity contribution < 1.29 is 0 Å². The Kier molecular flexibility index (Phi) is 3.35. The molecule has 0 radical (unpaired) electrons. The van der Waals surface area contributed by atoms with Gasteiger partial charge in [0, 0.05) is 20.3 Å². The van der Waals surface area contributed by atoms with Crippen molar-refractivity contribution in [3.8, 4) is 0 Å². The lowest BCUT2D eigenvalue weighted by atomic mass is 10.1. The Balaban J connectivity index is 1.69. The lowest BCUT2D eigenvalue weighted by molar-refractivity contribution is 1.13. The molecule has 1 aliphatic carbocycles. The third-order valence-electron chi connectivity index (χ3n) is 3.21. The first-order valence-corrected chi connectivity index (χ1v) is 7.68. The van der Waals surface area contributed by atoms with Gasteiger partial charge in [-0.25, -0.2) is 0 Å². The first-order valence-electron chi connectivity index (χ1n) is 6.00. The van der Waals surface area contributed by atoms with Crippen molar-refractivity contribution in [3.63, 3.8) is 0 Å². The molecule has 3 heteroatoms. The lowest BCUT2D eigenvalue weighted by Gasteiger charge is -2.05. The SMILES string of the molecule is Nc1cc(Br)ccc1SC1CC1c1ccccc1. The van der Waals surface area contributed by atoms with Crippen molar-refractivity contribution in [2.24, 2.45) is 0 Å². The predicted molar refractivity (Wildman–Crippen MR) is 82.0 cm³/mol. The summed E-state index contributed by atoms with van der Waals surface area (Å²) >= 11 is 5.34. The molecule has 1 nitrogen and oxygen atoms in total. The van der Waals surface area contributed by atoms with Gasteiger partial charge in [0.25, 0.3) is 0 Å². The minimum atomic E-state index is 0.677. The van der Waals surface area contributed by atoms with Crippen LogP contribution in [0, 0.1) is 0 Å². The van der Waals surface area contributed by atoms with Gasteiger partial charge < -0.3 is 5.73 Å². The third-order valence-corrected chi connectivity index (χ3v) is 5.15. The van der Waals surface area contributed by atoms with E-state index in [0.29, 0.717) is 11.2 Å². The van der Waals surface area contributed by atoms with E-state index in [-0.39, 0.29) is 0 Å². The van der Waals surface area contributed by atoms with Crippen LogP contribution in [0.4, 0.5) is 5.69 Å². The van der Waals surface area contributed by atoms with Gasteiger partial charge in [0.05, 0.1) is 0 Å². The minimum absolute atomic E-state index is 0.677. The maximum absolute atomic E-state index is 6.03. The number of nitrogen functional groups attached to an aromatic ring is 1. The fourth-order valence-electron chi connectivity index (χ4n) is 2.14. The van der Waals surface area contributed by atoms with Crippen molar-refractivity contribution >= 4 is 33.4 Å². The highest BCUT2D eigenvalue weighted by Crippen LogP contribution is 2.52. The summed E-state index contributed by atoms with van der Waals surface area (Å²) in [5.74, 6) is 0.694. The summed E-state index contributed by atoms with van der Waals surface area (Å²) in [6.07, 6.45) is 1.25. The van der Waals surface area contributed by atoms with Gasteiger partial charge in [-0.2, -0.15) is 0 Å². The molecular weight excluding hydrogens is 306 g/mol. The highest BCUT2D eigenvalue weighted by molar-refractivity contribution is 9.10. The monoisotopic (exact) mass is 319 g/mol. The van der Waals surface area contributed by atoms with Crippen molar-refractivity contribution in [2.75, 3.05) is 5.73 Å². The maximum atomic E-state index is 6.03. The Morgan fingerprint density at radius 1 is 1.11 bits per heavy atom. The number of hydrogen-bond donors (Lipinski definition) is 1. The van der Waals surface area contributed by atoms with E-state index >= 15 is 0 Å². The standard InChI is InChI=1S/C15H14BrNS/c16-11-6-7-14(13(17)8-11)18-15-9-12(15)10-4-2-1-3-5-10/h1-8,12,15H,9,17H2. The van der Waals surface area contributed by atoms with E-state index in [0.717, 1.165) is 10.2 Å². The van der Waals surface area contributed by atoms with Crippen LogP contribution in [0.3, 0.4) is 0 Å². The number of rotatable bonds is 3. The molecule has 0 aromatic heterocycles. The highest BCUT2D eigenvalue weighted by atomic mass is 79.9. The van der Waals surface area contributed by atoms with Crippen LogP contribution in [0.25, 0.3) is 0 Å². The molecule has 92 valence electrons. The van der Waals surface area contributed by atoms with Crippen LogP contribution in [-0.4, -0.2) is 5.25 Å². The maximum Gasteiger partial charge on any atom is 0.0463 e. The number of thioether (sulfide) groups is 1. The number of halogens is 1. The van der Waals surface area contributed by atoms with Crippen molar-refractivity contribution in [2.45, 2.75) is 22.5 Å². The van der Waals surface area contributed by atoms with E-state index in [2.05, 4.69) is 58.4 Å². The molecular formula is C15H14BrNS. The normalized spacial score (nSPS) is 21.8. The Hall–Kier alpha value is -0.930. The first kappa shape index (κ1) is 12.1. The van der Waals surface area contributed by atoms with Crippen molar-refractivity contribution in [1.29, 1.82) is 0 Å². The molecule has 18 heavy (non-hydrogen) atoms. The summed E-state index contributed by atoms with van der Waals surface area (Å²) in [5.41, 5.74) is 8.35. The fraction of sp³-hybridized carbons (Fsp3) is 0.200. The van der Waals surface area contributed by atoms with E-state index in [4.69, 9.17) is 5.73 Å². The van der Waals surface area contributed by atoms with Crippen LogP contribution in [0.5, 0.6) is 0 Å². The summed E-state index contributed by atoms with van der Waals surface area (Å²) in [6, 6.07) is 16.9. The third kappa shape index (κ3) is 2.57. The van der Waals surface area contributed by atoms with Crippen LogP contribution < -0.4 is 5.73 Å². The number of hydrogen-bond acceptors (Lipinski definition) is 2. The zero-order chi connectivity index (χ0) is 12.5. The van der Waals surface area contributed by atoms with Gasteiger partial charge in [0.1, 0.15) is 0 Å². The molecule has 2 aromatic rings. The van der Waals surface area contributed by atoms with E-state index in [1.165, 1.54) is 16.9 Å². The van der Waals surface area contributed by atoms with E-state index in [9.17, 15) is 0 Å². The van der Waals surface area contributed by atoms with E-state index in [1.54, 1.807) is 0 Å². The molecule has 2 N–H and O–H groups in total. The molecule has 0 saturated heterocycles. The quantitative estimate of drug-likeness (QED) is 0.831. The van der Waals surface area contributed by atoms with Crippen LogP contribution in [0.1, 0.15) is 17.9 Å². The second kappa shape index (κ2) is 4.98. The van der Waals surface area contributed by atoms with Gasteiger partial charge in [0.2, 0.25) is 0 Å². The molecule has 1 aliphatic rings. The predicted octanol–water partition coefficient (Wildman–Crippen LogP) is 4.68. The number of nitrogens with two attached hydrogens (primary N) is 1. The Morgan fingerprint density at radius 2 is 1.89 bits per heavy atom. The molecule has 0 bridgehead atoms. The topological polar surface area (TPSA) is 26.0 Å². The number of benzene rings is 2. The summed E-state index contributed by atoms with van der Waals surface area (Å²) in [5, 5.41) is 0.677. The zero-order valence-corrected chi connectivity index (χ0v) is 12.2. The van der Waals surface area contributed by atoms with Crippen LogP contribution in [0.2, 0.25) is 0 Å². The molecule has 2 atom stereocenters. The lowest BCUT2D eigenvalue weighted by Crippen LogP contribution is -1.90. The molecule has 3 rings (SSSR count). The molecule has 2 aromatic carbocycles. The minimum Gasteiger partial charge on any atom is -0.398 e. The van der Waals surface area contributed by atoms with Gasteiger partial charge in [-0.1, -0.05) is 46.3 Å². The van der Waals surface area contributed by atoms with E-state index < -0.39 is 0 Å². The summed E-state index contributed by atoms with van der Waals surface area (Å²) in [6.45, 7) is 0. The summed E-state index contributed by atoms with van der Waals surface area (Å²) < 4.78 is 1.04. The van der Waals surface area contributed by atoms with Crippen molar-refractivity contribution in [3.05, 3.63) is 58.6 Å². The van der Waals surface area contributed by atoms with Crippen molar-refractivity contribution in [1.82, 2.24) is 0 Å². The second-order valence-electron chi connectivity index (χ2n) is 4.59. The molecule has 1 saturated carbocycles. The van der Waals surface area contributed by atoms with Gasteiger partial charge in [-0.3, -0.25) is 0 Å². The van der Waals surface area contributed by atoms with Gasteiger partial charge >= 0.3 is 0 Å². The summed E-state index contributed by atoms with van der Waals surface area (Å²) in [7, 11) is 0. The average Bonchev–Trinajstić information content (AvgIpc) is 3.13. The number of anilines is 1. The second-order valence-corrected chi connectivity index (χ2v) is 6.79. The molecule has 0 spiro atoms. The van der Waals surface area contributed by atoms with Gasteiger partial charge in [0.15, 0.2) is 0 Å². The largest absolute Gasteiger partial charge is 0.398 e. The van der Waals surface area contributed by atoms with Gasteiger partial charge in [-0.05, 0) is 36.1 Å². The molecule has 2 unspecified atom stereocenters.